The Kier molecular flexibility index (Phi) is 6.34. The third-order valence-electron chi connectivity index (χ3n) is 4.06. The Labute approximate surface area is 150 Å². The van der Waals surface area contributed by atoms with Gasteiger partial charge in [-0.25, -0.2) is 4.79 Å². The Bertz CT molecular complexity index is 741. The third-order valence-corrected chi connectivity index (χ3v) is 4.06. The summed E-state index contributed by atoms with van der Waals surface area (Å²) in [5.41, 5.74) is -0.831. The summed E-state index contributed by atoms with van der Waals surface area (Å²) in [7, 11) is 2.92. The van der Waals surface area contributed by atoms with Crippen molar-refractivity contribution in [1.29, 1.82) is 0 Å². The molecule has 2 heterocycles. The average molecular weight is 372 g/mol. The monoisotopic (exact) mass is 372 g/mol. The summed E-state index contributed by atoms with van der Waals surface area (Å²) in [5, 5.41) is 0. The predicted octanol–water partition coefficient (Wildman–Crippen LogP) is -0.302. The number of carbonyl (C=O) groups excluding carboxylic acids is 1. The van der Waals surface area contributed by atoms with Crippen LogP contribution in [0.15, 0.2) is 15.8 Å². The van der Waals surface area contributed by atoms with E-state index in [1.807, 2.05) is 0 Å². The summed E-state index contributed by atoms with van der Waals surface area (Å²) in [6.07, 6.45) is -2.02. The fraction of sp³-hybridized carbons (Fsp3) is 0.688. The first kappa shape index (κ1) is 20.3. The molecule has 1 aromatic rings. The van der Waals surface area contributed by atoms with E-state index in [1.54, 1.807) is 20.8 Å². The minimum atomic E-state index is -1.06. The highest BCUT2D eigenvalue weighted by atomic mass is 16.8. The summed E-state index contributed by atoms with van der Waals surface area (Å²) in [6, 6.07) is 0. The summed E-state index contributed by atoms with van der Waals surface area (Å²) < 4.78 is 28.6. The second kappa shape index (κ2) is 8.12. The van der Waals surface area contributed by atoms with Crippen molar-refractivity contribution in [3.8, 4) is 0 Å². The Balaban J connectivity index is 2.49. The lowest BCUT2D eigenvalue weighted by Gasteiger charge is -2.30. The molecule has 0 aliphatic carbocycles. The molecule has 0 aromatic carbocycles. The maximum Gasteiger partial charge on any atom is 0.330 e. The van der Waals surface area contributed by atoms with Crippen LogP contribution >= 0.6 is 0 Å². The van der Waals surface area contributed by atoms with Gasteiger partial charge in [0, 0.05) is 26.0 Å². The molecule has 4 atom stereocenters. The number of nitrogens with one attached hydrogen (secondary N) is 1. The van der Waals surface area contributed by atoms with Crippen LogP contribution in [0.4, 0.5) is 0 Å². The number of aromatic nitrogens is 2. The first-order valence-electron chi connectivity index (χ1n) is 8.02. The van der Waals surface area contributed by atoms with Crippen LogP contribution < -0.4 is 11.2 Å². The maximum atomic E-state index is 12.3. The van der Waals surface area contributed by atoms with Crippen molar-refractivity contribution in [3.05, 3.63) is 32.6 Å². The zero-order valence-corrected chi connectivity index (χ0v) is 15.4. The molecule has 10 heteroatoms. The van der Waals surface area contributed by atoms with Crippen molar-refractivity contribution in [2.24, 2.45) is 0 Å². The van der Waals surface area contributed by atoms with Gasteiger partial charge in [0.2, 0.25) is 0 Å². The van der Waals surface area contributed by atoms with Crippen molar-refractivity contribution in [2.45, 2.75) is 51.1 Å². The molecule has 26 heavy (non-hydrogen) atoms. The first-order valence-corrected chi connectivity index (χ1v) is 8.02. The van der Waals surface area contributed by atoms with Gasteiger partial charge in [-0.05, 0) is 20.8 Å². The summed E-state index contributed by atoms with van der Waals surface area (Å²) in [6.45, 7) is 5.30. The van der Waals surface area contributed by atoms with E-state index in [2.05, 4.69) is 4.98 Å². The molecule has 0 amide bonds. The highest BCUT2D eigenvalue weighted by molar-refractivity contribution is 5.38. The highest BCUT2D eigenvalue weighted by Crippen LogP contribution is 2.37. The predicted molar refractivity (Wildman–Crippen MR) is 88.7 cm³/mol. The number of carbonyl (C=O) groups is 1. The zero-order chi connectivity index (χ0) is 19.5. The summed E-state index contributed by atoms with van der Waals surface area (Å²) in [4.78, 5) is 37.2. The van der Waals surface area contributed by atoms with Gasteiger partial charge < -0.3 is 23.7 Å². The van der Waals surface area contributed by atoms with Gasteiger partial charge in [-0.1, -0.05) is 0 Å². The van der Waals surface area contributed by atoms with Crippen LogP contribution in [0.1, 0.15) is 25.6 Å². The zero-order valence-electron chi connectivity index (χ0n) is 15.4. The number of aromatic amines is 1. The Hall–Kier alpha value is -2.01. The number of H-pyrrole nitrogens is 1. The SMILES string of the molecule is COC[C@@H](OC)[C@@H](OC=O)[C@@H]1OC(C)(C)O[C@H]1n1cc(C)c(=O)[nH]c1=O. The topological polar surface area (TPSA) is 118 Å². The van der Waals surface area contributed by atoms with Gasteiger partial charge in [-0.15, -0.1) is 0 Å². The Morgan fingerprint density at radius 1 is 1.35 bits per heavy atom. The van der Waals surface area contributed by atoms with E-state index in [9.17, 15) is 14.4 Å². The molecule has 0 unspecified atom stereocenters. The van der Waals surface area contributed by atoms with Crippen LogP contribution in [0.3, 0.4) is 0 Å². The van der Waals surface area contributed by atoms with Crippen LogP contribution in [0.2, 0.25) is 0 Å². The minimum Gasteiger partial charge on any atom is -0.459 e. The van der Waals surface area contributed by atoms with Crippen molar-refractivity contribution >= 4 is 6.47 Å². The van der Waals surface area contributed by atoms with E-state index in [-0.39, 0.29) is 13.1 Å². The number of hydrogen-bond donors (Lipinski definition) is 1. The minimum absolute atomic E-state index is 0.127. The van der Waals surface area contributed by atoms with Crippen LogP contribution in [-0.4, -0.2) is 60.9 Å². The number of aryl methyl sites for hydroxylation is 1. The van der Waals surface area contributed by atoms with Crippen molar-refractivity contribution in [1.82, 2.24) is 9.55 Å². The van der Waals surface area contributed by atoms with E-state index in [1.165, 1.54) is 25.0 Å². The molecule has 1 aromatic heterocycles. The second-order valence-electron chi connectivity index (χ2n) is 6.40. The third kappa shape index (κ3) is 4.21. The van der Waals surface area contributed by atoms with E-state index >= 15 is 0 Å². The fourth-order valence-corrected chi connectivity index (χ4v) is 2.89. The number of ether oxygens (including phenoxy) is 5. The summed E-state index contributed by atoms with van der Waals surface area (Å²) >= 11 is 0. The van der Waals surface area contributed by atoms with Crippen molar-refractivity contribution < 1.29 is 28.5 Å². The van der Waals surface area contributed by atoms with E-state index in [0.717, 1.165) is 0 Å². The average Bonchev–Trinajstić information content (AvgIpc) is 2.89. The highest BCUT2D eigenvalue weighted by Gasteiger charge is 2.50. The van der Waals surface area contributed by atoms with Crippen LogP contribution in [-0.2, 0) is 28.5 Å². The molecular weight excluding hydrogens is 348 g/mol. The molecule has 1 fully saturated rings. The lowest BCUT2D eigenvalue weighted by Crippen LogP contribution is -2.48. The van der Waals surface area contributed by atoms with Gasteiger partial charge in [0.05, 0.1) is 6.61 Å². The molecule has 2 rings (SSSR count). The molecule has 0 spiro atoms. The maximum absolute atomic E-state index is 12.3. The van der Waals surface area contributed by atoms with E-state index in [4.69, 9.17) is 23.7 Å². The first-order chi connectivity index (χ1) is 12.2. The molecule has 10 nitrogen and oxygen atoms in total. The molecule has 1 saturated heterocycles. The molecule has 0 bridgehead atoms. The molecular formula is C16H24N2O8. The van der Waals surface area contributed by atoms with Crippen LogP contribution in [0, 0.1) is 6.92 Å². The molecule has 146 valence electrons. The number of methoxy groups -OCH3 is 2. The molecule has 0 radical (unpaired) electrons. The standard InChI is InChI=1S/C16H24N2O8/c1-9-6-18(15(21)17-13(9)20)14-12(25-16(2,3)26-14)11(24-8-19)10(23-5)7-22-4/h6,8,10-12,14H,7H2,1-5H3,(H,17,20,21)/t10-,11-,12+,14-/m1/s1. The van der Waals surface area contributed by atoms with Gasteiger partial charge >= 0.3 is 5.69 Å². The Morgan fingerprint density at radius 2 is 2.04 bits per heavy atom. The van der Waals surface area contributed by atoms with Gasteiger partial charge in [0.25, 0.3) is 12.0 Å². The number of hydrogen-bond acceptors (Lipinski definition) is 8. The molecule has 1 N–H and O–H groups in total. The van der Waals surface area contributed by atoms with Gasteiger partial charge in [-0.2, -0.15) is 0 Å². The molecule has 1 aliphatic rings. The van der Waals surface area contributed by atoms with Gasteiger partial charge in [-0.3, -0.25) is 19.1 Å². The van der Waals surface area contributed by atoms with Crippen LogP contribution in [0.25, 0.3) is 0 Å². The molecule has 0 saturated carbocycles. The molecule has 1 aliphatic heterocycles. The smallest absolute Gasteiger partial charge is 0.330 e. The Morgan fingerprint density at radius 3 is 2.62 bits per heavy atom. The van der Waals surface area contributed by atoms with Gasteiger partial charge in [0.1, 0.15) is 12.2 Å². The van der Waals surface area contributed by atoms with E-state index in [0.29, 0.717) is 5.56 Å². The van der Waals surface area contributed by atoms with Crippen molar-refractivity contribution in [3.63, 3.8) is 0 Å². The largest absolute Gasteiger partial charge is 0.459 e. The van der Waals surface area contributed by atoms with E-state index < -0.39 is 41.6 Å². The van der Waals surface area contributed by atoms with Crippen LogP contribution in [0.5, 0.6) is 0 Å². The summed E-state index contributed by atoms with van der Waals surface area (Å²) in [5.74, 6) is -1.06. The quantitative estimate of drug-likeness (QED) is 0.618. The second-order valence-corrected chi connectivity index (χ2v) is 6.40. The fourth-order valence-electron chi connectivity index (χ4n) is 2.89. The lowest BCUT2D eigenvalue weighted by atomic mass is 10.1. The number of rotatable bonds is 8. The van der Waals surface area contributed by atoms with Gasteiger partial charge in [0.15, 0.2) is 18.1 Å². The van der Waals surface area contributed by atoms with Crippen molar-refractivity contribution in [2.75, 3.05) is 20.8 Å². The normalized spacial score (nSPS) is 24.2. The lowest BCUT2D eigenvalue weighted by molar-refractivity contribution is -0.180. The number of nitrogens with zero attached hydrogens (tertiary/aromatic N) is 1.